The second kappa shape index (κ2) is 15.7. The van der Waals surface area contributed by atoms with E-state index in [0.29, 0.717) is 17.9 Å². The van der Waals surface area contributed by atoms with Gasteiger partial charge in [0.15, 0.2) is 0 Å². The van der Waals surface area contributed by atoms with Gasteiger partial charge in [-0.25, -0.2) is 8.42 Å². The summed E-state index contributed by atoms with van der Waals surface area (Å²) in [7, 11) is -2.65. The van der Waals surface area contributed by atoms with Crippen molar-refractivity contribution in [1.29, 1.82) is 0 Å². The number of benzene rings is 4. The molecule has 0 aromatic heterocycles. The maximum Gasteiger partial charge on any atom is 0.264 e. The van der Waals surface area contributed by atoms with Crippen molar-refractivity contribution in [2.24, 2.45) is 0 Å². The highest BCUT2D eigenvalue weighted by Gasteiger charge is 2.35. The number of carbonyl (C=O) groups excluding carboxylic acids is 2. The topological polar surface area (TPSA) is 96.0 Å². The van der Waals surface area contributed by atoms with Gasteiger partial charge < -0.3 is 15.0 Å². The highest BCUT2D eigenvalue weighted by molar-refractivity contribution is 9.10. The summed E-state index contributed by atoms with van der Waals surface area (Å²) in [6.07, 6.45) is 0.959. The summed E-state index contributed by atoms with van der Waals surface area (Å²) in [6.45, 7) is 3.45. The summed E-state index contributed by atoms with van der Waals surface area (Å²) in [5, 5.41) is 3.05. The average molecular weight is 693 g/mol. The number of ether oxygens (including phenoxy) is 1. The molecule has 0 aliphatic rings. The smallest absolute Gasteiger partial charge is 0.264 e. The summed E-state index contributed by atoms with van der Waals surface area (Å²) in [5.41, 5.74) is 1.95. The van der Waals surface area contributed by atoms with Crippen LogP contribution in [0.15, 0.2) is 119 Å². The van der Waals surface area contributed by atoms with E-state index in [1.54, 1.807) is 42.5 Å². The molecule has 236 valence electrons. The number of rotatable bonds is 14. The van der Waals surface area contributed by atoms with E-state index in [9.17, 15) is 18.0 Å². The lowest BCUT2D eigenvalue weighted by Crippen LogP contribution is -2.54. The molecule has 0 fully saturated rings. The summed E-state index contributed by atoms with van der Waals surface area (Å²) in [5.74, 6) is -0.285. The maximum atomic E-state index is 14.5. The average Bonchev–Trinajstić information content (AvgIpc) is 3.06. The molecule has 0 aliphatic heterocycles. The minimum Gasteiger partial charge on any atom is -0.497 e. The molecule has 4 rings (SSSR count). The third-order valence-corrected chi connectivity index (χ3v) is 9.77. The Morgan fingerprint density at radius 1 is 0.867 bits per heavy atom. The first-order valence-electron chi connectivity index (χ1n) is 14.7. The number of hydrogen-bond acceptors (Lipinski definition) is 5. The van der Waals surface area contributed by atoms with Crippen LogP contribution in [0.4, 0.5) is 5.69 Å². The standard InChI is InChI=1S/C35H38BrN3O5S/c1-4-26(2)37-35(41)33(23-27-12-7-5-8-13-27)38(24-28-14-11-15-29(36)22-28)34(40)25-39(30-18-20-31(44-3)21-19-30)45(42,43)32-16-9-6-10-17-32/h5-22,26,33H,4,23-25H2,1-3H3,(H,37,41)/t26-,33+/m0/s1. The number of sulfonamides is 1. The molecule has 8 nitrogen and oxygen atoms in total. The van der Waals surface area contributed by atoms with Gasteiger partial charge in [0, 0.05) is 23.5 Å². The van der Waals surface area contributed by atoms with E-state index in [2.05, 4.69) is 21.2 Å². The zero-order valence-corrected chi connectivity index (χ0v) is 28.0. The molecule has 0 unspecified atom stereocenters. The Kier molecular flexibility index (Phi) is 11.8. The van der Waals surface area contributed by atoms with Crippen LogP contribution in [0.2, 0.25) is 0 Å². The van der Waals surface area contributed by atoms with E-state index in [1.165, 1.54) is 24.1 Å². The first-order chi connectivity index (χ1) is 21.6. The molecule has 2 atom stereocenters. The van der Waals surface area contributed by atoms with Gasteiger partial charge in [-0.1, -0.05) is 83.5 Å². The molecule has 0 aliphatic carbocycles. The monoisotopic (exact) mass is 691 g/mol. The van der Waals surface area contributed by atoms with Crippen LogP contribution in [0.1, 0.15) is 31.4 Å². The normalized spacial score (nSPS) is 12.5. The Labute approximate surface area is 274 Å². The van der Waals surface area contributed by atoms with Crippen molar-refractivity contribution in [3.8, 4) is 5.75 Å². The molecule has 0 heterocycles. The molecule has 4 aromatic carbocycles. The third kappa shape index (κ3) is 8.95. The number of nitrogens with zero attached hydrogens (tertiary/aromatic N) is 2. The van der Waals surface area contributed by atoms with E-state index < -0.39 is 28.5 Å². The van der Waals surface area contributed by atoms with E-state index in [-0.39, 0.29) is 29.8 Å². The minimum absolute atomic E-state index is 0.0440. The lowest BCUT2D eigenvalue weighted by Gasteiger charge is -2.34. The van der Waals surface area contributed by atoms with Crippen molar-refractivity contribution >= 4 is 43.5 Å². The number of hydrogen-bond donors (Lipinski definition) is 1. The van der Waals surface area contributed by atoms with Gasteiger partial charge in [0.25, 0.3) is 10.0 Å². The second-order valence-electron chi connectivity index (χ2n) is 10.7. The van der Waals surface area contributed by atoms with Gasteiger partial charge in [0.05, 0.1) is 17.7 Å². The fourth-order valence-electron chi connectivity index (χ4n) is 4.82. The lowest BCUT2D eigenvalue weighted by atomic mass is 10.0. The predicted molar refractivity (Wildman–Crippen MR) is 180 cm³/mol. The van der Waals surface area contributed by atoms with E-state index >= 15 is 0 Å². The van der Waals surface area contributed by atoms with Crippen LogP contribution >= 0.6 is 15.9 Å². The van der Waals surface area contributed by atoms with Gasteiger partial charge in [0.2, 0.25) is 11.8 Å². The number of anilines is 1. The molecular formula is C35H38BrN3O5S. The van der Waals surface area contributed by atoms with Gasteiger partial charge >= 0.3 is 0 Å². The number of halogens is 1. The summed E-state index contributed by atoms with van der Waals surface area (Å²) in [6, 6.07) is 30.4. The highest BCUT2D eigenvalue weighted by Crippen LogP contribution is 2.27. The van der Waals surface area contributed by atoms with Crippen molar-refractivity contribution in [1.82, 2.24) is 10.2 Å². The molecule has 45 heavy (non-hydrogen) atoms. The van der Waals surface area contributed by atoms with Crippen molar-refractivity contribution in [2.75, 3.05) is 18.0 Å². The summed E-state index contributed by atoms with van der Waals surface area (Å²) < 4.78 is 35.3. The molecule has 0 radical (unpaired) electrons. The number of nitrogens with one attached hydrogen (secondary N) is 1. The van der Waals surface area contributed by atoms with Crippen LogP contribution in [0, 0.1) is 0 Å². The number of amides is 2. The number of methoxy groups -OCH3 is 1. The van der Waals surface area contributed by atoms with E-state index in [0.717, 1.165) is 19.9 Å². The SMILES string of the molecule is CC[C@H](C)NC(=O)[C@@H](Cc1ccccc1)N(Cc1cccc(Br)c1)C(=O)CN(c1ccc(OC)cc1)S(=O)(=O)c1ccccc1. The third-order valence-electron chi connectivity index (χ3n) is 7.48. The van der Waals surface area contributed by atoms with Crippen LogP contribution in [-0.2, 0) is 32.6 Å². The van der Waals surface area contributed by atoms with Gasteiger partial charge in [-0.2, -0.15) is 0 Å². The van der Waals surface area contributed by atoms with Crippen molar-refractivity contribution in [3.05, 3.63) is 125 Å². The Hall–Kier alpha value is -4.15. The predicted octanol–water partition coefficient (Wildman–Crippen LogP) is 6.21. The molecule has 1 N–H and O–H groups in total. The molecule has 0 spiro atoms. The molecular weight excluding hydrogens is 654 g/mol. The first kappa shape index (κ1) is 33.7. The van der Waals surface area contributed by atoms with Crippen LogP contribution in [0.5, 0.6) is 5.75 Å². The van der Waals surface area contributed by atoms with Crippen LogP contribution in [0.25, 0.3) is 0 Å². The fourth-order valence-corrected chi connectivity index (χ4v) is 6.71. The Bertz CT molecular complexity index is 1670. The molecule has 4 aromatic rings. The summed E-state index contributed by atoms with van der Waals surface area (Å²) >= 11 is 3.51. The highest BCUT2D eigenvalue weighted by atomic mass is 79.9. The van der Waals surface area contributed by atoms with Gasteiger partial charge in [0.1, 0.15) is 18.3 Å². The van der Waals surface area contributed by atoms with Gasteiger partial charge in [-0.3, -0.25) is 13.9 Å². The first-order valence-corrected chi connectivity index (χ1v) is 17.0. The van der Waals surface area contributed by atoms with Crippen LogP contribution in [0.3, 0.4) is 0 Å². The Morgan fingerprint density at radius 2 is 1.49 bits per heavy atom. The van der Waals surface area contributed by atoms with Crippen molar-refractivity contribution in [2.45, 2.75) is 50.2 Å². The fraction of sp³-hybridized carbons (Fsp3) is 0.257. The quantitative estimate of drug-likeness (QED) is 0.170. The van der Waals surface area contributed by atoms with Crippen LogP contribution in [-0.4, -0.2) is 50.9 Å². The van der Waals surface area contributed by atoms with Crippen LogP contribution < -0.4 is 14.4 Å². The zero-order valence-electron chi connectivity index (χ0n) is 25.6. The molecule has 0 saturated heterocycles. The van der Waals surface area contributed by atoms with Crippen molar-refractivity contribution in [3.63, 3.8) is 0 Å². The molecule has 0 bridgehead atoms. The van der Waals surface area contributed by atoms with E-state index in [1.807, 2.05) is 68.4 Å². The van der Waals surface area contributed by atoms with Crippen molar-refractivity contribution < 1.29 is 22.7 Å². The maximum absolute atomic E-state index is 14.5. The zero-order chi connectivity index (χ0) is 32.4. The Morgan fingerprint density at radius 3 is 2.09 bits per heavy atom. The summed E-state index contributed by atoms with van der Waals surface area (Å²) in [4.78, 5) is 30.0. The Balaban J connectivity index is 1.80. The lowest BCUT2D eigenvalue weighted by molar-refractivity contribution is -0.140. The second-order valence-corrected chi connectivity index (χ2v) is 13.5. The van der Waals surface area contributed by atoms with Gasteiger partial charge in [-0.05, 0) is 73.0 Å². The minimum atomic E-state index is -4.17. The molecule has 0 saturated carbocycles. The number of carbonyl (C=O) groups is 2. The van der Waals surface area contributed by atoms with E-state index in [4.69, 9.17) is 4.74 Å². The largest absolute Gasteiger partial charge is 0.497 e. The van der Waals surface area contributed by atoms with Gasteiger partial charge in [-0.15, -0.1) is 0 Å². The molecule has 2 amide bonds. The molecule has 10 heteroatoms.